The van der Waals surface area contributed by atoms with Crippen molar-refractivity contribution in [3.05, 3.63) is 23.8 Å². The molecule has 2 aliphatic rings. The molecule has 1 aromatic carbocycles. The number of carbonyl (C=O) groups excluding carboxylic acids is 1. The van der Waals surface area contributed by atoms with Crippen molar-refractivity contribution in [1.29, 1.82) is 0 Å². The van der Waals surface area contributed by atoms with E-state index in [-0.39, 0.29) is 28.7 Å². The molecule has 0 unspecified atom stereocenters. The van der Waals surface area contributed by atoms with Gasteiger partial charge in [-0.15, -0.1) is 0 Å². The molecule has 1 saturated carbocycles. The second-order valence-corrected chi connectivity index (χ2v) is 9.71. The van der Waals surface area contributed by atoms with E-state index in [1.54, 1.807) is 19.2 Å². The number of carbonyl (C=O) groups is 1. The molecule has 0 bridgehead atoms. The normalized spacial score (nSPS) is 26.1. The van der Waals surface area contributed by atoms with Crippen LogP contribution < -0.4 is 10.1 Å². The highest BCUT2D eigenvalue weighted by Gasteiger charge is 2.43. The van der Waals surface area contributed by atoms with Crippen LogP contribution in [0.2, 0.25) is 0 Å². The van der Waals surface area contributed by atoms with Crippen LogP contribution in [0, 0.1) is 11.8 Å². The molecule has 1 saturated heterocycles. The summed E-state index contributed by atoms with van der Waals surface area (Å²) >= 11 is 0. The fourth-order valence-corrected chi connectivity index (χ4v) is 5.70. The van der Waals surface area contributed by atoms with Crippen LogP contribution in [0.5, 0.6) is 5.75 Å². The van der Waals surface area contributed by atoms with E-state index >= 15 is 0 Å². The maximum absolute atomic E-state index is 13.3. The lowest BCUT2D eigenvalue weighted by molar-refractivity contribution is -0.124. The van der Waals surface area contributed by atoms with Crippen LogP contribution >= 0.6 is 0 Å². The van der Waals surface area contributed by atoms with Gasteiger partial charge < -0.3 is 10.1 Å². The average molecular weight is 381 g/mol. The number of methoxy groups -OCH3 is 1. The maximum Gasteiger partial charge on any atom is 0.246 e. The molecule has 0 spiro atoms. The number of sulfonamides is 1. The van der Waals surface area contributed by atoms with Crippen molar-refractivity contribution >= 4 is 15.9 Å². The summed E-state index contributed by atoms with van der Waals surface area (Å²) in [7, 11) is -0.537. The third kappa shape index (κ3) is 3.47. The molecule has 1 aliphatic carbocycles. The fourth-order valence-electron chi connectivity index (χ4n) is 4.14. The number of rotatable bonds is 5. The summed E-state index contributed by atoms with van der Waals surface area (Å²) in [5.41, 5.74) is 0.965. The molecule has 0 aromatic heterocycles. The first-order valence-corrected chi connectivity index (χ1v) is 10.6. The Hall–Kier alpha value is -1.60. The molecular formula is C19H28N2O4S. The molecule has 1 aliphatic heterocycles. The molecule has 1 amide bonds. The number of benzene rings is 1. The zero-order valence-electron chi connectivity index (χ0n) is 15.9. The number of amides is 1. The Morgan fingerprint density at radius 3 is 2.58 bits per heavy atom. The van der Waals surface area contributed by atoms with E-state index < -0.39 is 10.0 Å². The SMILES string of the molecule is COc1ccc(C(C)C)cc1S(=O)(=O)N(C)[C@H]1C[C@H]2CC(=O)NC[C@H]2C1. The number of nitrogens with zero attached hydrogens (tertiary/aromatic N) is 1. The Morgan fingerprint density at radius 1 is 1.23 bits per heavy atom. The van der Waals surface area contributed by atoms with E-state index in [0.717, 1.165) is 18.4 Å². The minimum atomic E-state index is -3.67. The number of hydrogen-bond acceptors (Lipinski definition) is 4. The second-order valence-electron chi connectivity index (χ2n) is 7.74. The van der Waals surface area contributed by atoms with Crippen LogP contribution in [0.3, 0.4) is 0 Å². The summed E-state index contributed by atoms with van der Waals surface area (Å²) in [6.45, 7) is 4.72. The fraction of sp³-hybridized carbons (Fsp3) is 0.632. The largest absolute Gasteiger partial charge is 0.495 e. The molecule has 6 nitrogen and oxygen atoms in total. The first-order valence-electron chi connectivity index (χ1n) is 9.16. The summed E-state index contributed by atoms with van der Waals surface area (Å²) in [6, 6.07) is 5.27. The Kier molecular flexibility index (Phi) is 5.30. The van der Waals surface area contributed by atoms with Gasteiger partial charge in [-0.25, -0.2) is 8.42 Å². The molecule has 1 N–H and O–H groups in total. The van der Waals surface area contributed by atoms with Crippen LogP contribution in [-0.2, 0) is 14.8 Å². The molecule has 2 fully saturated rings. The predicted octanol–water partition coefficient (Wildman–Crippen LogP) is 2.35. The first-order chi connectivity index (χ1) is 12.2. The lowest BCUT2D eigenvalue weighted by Gasteiger charge is -2.25. The summed E-state index contributed by atoms with van der Waals surface area (Å²) < 4.78 is 33.4. The van der Waals surface area contributed by atoms with E-state index in [2.05, 4.69) is 5.32 Å². The van der Waals surface area contributed by atoms with E-state index in [1.807, 2.05) is 19.9 Å². The van der Waals surface area contributed by atoms with Gasteiger partial charge in [-0.1, -0.05) is 19.9 Å². The van der Waals surface area contributed by atoms with Crippen molar-refractivity contribution in [3.63, 3.8) is 0 Å². The van der Waals surface area contributed by atoms with Gasteiger partial charge in [0.15, 0.2) is 0 Å². The highest BCUT2D eigenvalue weighted by molar-refractivity contribution is 7.89. The number of piperidine rings is 1. The summed E-state index contributed by atoms with van der Waals surface area (Å²) in [4.78, 5) is 11.8. The van der Waals surface area contributed by atoms with Crippen molar-refractivity contribution in [2.24, 2.45) is 11.8 Å². The van der Waals surface area contributed by atoms with Gasteiger partial charge in [-0.05, 0) is 48.3 Å². The van der Waals surface area contributed by atoms with Crippen molar-refractivity contribution in [3.8, 4) is 5.75 Å². The molecule has 3 atom stereocenters. The molecule has 144 valence electrons. The van der Waals surface area contributed by atoms with E-state index in [9.17, 15) is 13.2 Å². The van der Waals surface area contributed by atoms with Crippen molar-refractivity contribution in [2.75, 3.05) is 20.7 Å². The lowest BCUT2D eigenvalue weighted by atomic mass is 9.89. The molecule has 0 radical (unpaired) electrons. The van der Waals surface area contributed by atoms with E-state index in [4.69, 9.17) is 4.74 Å². The van der Waals surface area contributed by atoms with Crippen LogP contribution in [0.25, 0.3) is 0 Å². The third-order valence-electron chi connectivity index (χ3n) is 5.85. The van der Waals surface area contributed by atoms with Gasteiger partial charge in [0, 0.05) is 26.1 Å². The van der Waals surface area contributed by atoms with Crippen molar-refractivity contribution < 1.29 is 17.9 Å². The maximum atomic E-state index is 13.3. The number of nitrogens with one attached hydrogen (secondary N) is 1. The molecule has 1 heterocycles. The summed E-state index contributed by atoms with van der Waals surface area (Å²) in [5.74, 6) is 1.30. The number of ether oxygens (including phenoxy) is 1. The molecular weight excluding hydrogens is 352 g/mol. The van der Waals surface area contributed by atoms with Gasteiger partial charge in [0.05, 0.1) is 7.11 Å². The van der Waals surface area contributed by atoms with Crippen molar-refractivity contribution in [1.82, 2.24) is 9.62 Å². The smallest absolute Gasteiger partial charge is 0.246 e. The highest BCUT2D eigenvalue weighted by Crippen LogP contribution is 2.40. The zero-order chi connectivity index (χ0) is 19.1. The van der Waals surface area contributed by atoms with Crippen LogP contribution in [0.1, 0.15) is 44.6 Å². The van der Waals surface area contributed by atoms with Crippen LogP contribution in [0.15, 0.2) is 23.1 Å². The highest BCUT2D eigenvalue weighted by atomic mass is 32.2. The van der Waals surface area contributed by atoms with Crippen molar-refractivity contribution in [2.45, 2.75) is 50.0 Å². The molecule has 26 heavy (non-hydrogen) atoms. The number of hydrogen-bond donors (Lipinski definition) is 1. The van der Waals surface area contributed by atoms with Gasteiger partial charge >= 0.3 is 0 Å². The monoisotopic (exact) mass is 380 g/mol. The van der Waals surface area contributed by atoms with E-state index in [0.29, 0.717) is 24.6 Å². The Morgan fingerprint density at radius 2 is 1.92 bits per heavy atom. The van der Waals surface area contributed by atoms with E-state index in [1.165, 1.54) is 11.4 Å². The predicted molar refractivity (Wildman–Crippen MR) is 99.7 cm³/mol. The minimum Gasteiger partial charge on any atom is -0.495 e. The van der Waals surface area contributed by atoms with Gasteiger partial charge in [-0.3, -0.25) is 4.79 Å². The molecule has 3 rings (SSSR count). The number of fused-ring (bicyclic) bond motifs is 1. The first kappa shape index (κ1) is 19.2. The van der Waals surface area contributed by atoms with Crippen LogP contribution in [0.4, 0.5) is 0 Å². The Labute approximate surface area is 156 Å². The quantitative estimate of drug-likeness (QED) is 0.851. The average Bonchev–Trinajstić information content (AvgIpc) is 3.03. The van der Waals surface area contributed by atoms with Gasteiger partial charge in [0.2, 0.25) is 15.9 Å². The van der Waals surface area contributed by atoms with Gasteiger partial charge in [0.1, 0.15) is 10.6 Å². The zero-order valence-corrected chi connectivity index (χ0v) is 16.7. The topological polar surface area (TPSA) is 75.7 Å². The van der Waals surface area contributed by atoms with Gasteiger partial charge in [0.25, 0.3) is 0 Å². The third-order valence-corrected chi connectivity index (χ3v) is 7.78. The standard InChI is InChI=1S/C19H28N2O4S/c1-12(2)13-5-6-17(25-4)18(9-13)26(23,24)21(3)16-7-14-10-19(22)20-11-15(14)8-16/h5-6,9,12,14-16H,7-8,10-11H2,1-4H3,(H,20,22)/t14-,15+,16-/m0/s1. The van der Waals surface area contributed by atoms with Gasteiger partial charge in [-0.2, -0.15) is 4.31 Å². The Balaban J connectivity index is 1.88. The summed E-state index contributed by atoms with van der Waals surface area (Å²) in [5, 5.41) is 2.89. The minimum absolute atomic E-state index is 0.0729. The molecule has 1 aromatic rings. The molecule has 7 heteroatoms. The second kappa shape index (κ2) is 7.19. The summed E-state index contributed by atoms with van der Waals surface area (Å²) in [6.07, 6.45) is 2.02. The Bertz CT molecular complexity index is 791. The lowest BCUT2D eigenvalue weighted by Crippen LogP contribution is -2.38. The van der Waals surface area contributed by atoms with Crippen LogP contribution in [-0.4, -0.2) is 45.4 Å².